The number of hydrogen-bond acceptors (Lipinski definition) is 4. The molecule has 0 spiro atoms. The van der Waals surface area contributed by atoms with Gasteiger partial charge in [-0.3, -0.25) is 10.1 Å². The van der Waals surface area contributed by atoms with Gasteiger partial charge in [0, 0.05) is 12.6 Å². The highest BCUT2D eigenvalue weighted by Gasteiger charge is 2.13. The summed E-state index contributed by atoms with van der Waals surface area (Å²) in [5.74, 6) is -1.02. The van der Waals surface area contributed by atoms with Gasteiger partial charge in [-0.15, -0.1) is 0 Å². The number of carbonyl (C=O) groups is 1. The largest absolute Gasteiger partial charge is 0.478 e. The van der Waals surface area contributed by atoms with E-state index in [1.165, 1.54) is 12.1 Å². The molecule has 2 aromatic rings. The van der Waals surface area contributed by atoms with Crippen molar-refractivity contribution in [1.82, 2.24) is 0 Å². The fourth-order valence-electron chi connectivity index (χ4n) is 1.86. The van der Waals surface area contributed by atoms with Crippen LogP contribution in [0.2, 0.25) is 0 Å². The monoisotopic (exact) mass is 272 g/mol. The zero-order valence-electron chi connectivity index (χ0n) is 10.4. The van der Waals surface area contributed by atoms with Gasteiger partial charge in [0.2, 0.25) is 0 Å². The molecule has 0 aliphatic rings. The molecule has 102 valence electrons. The number of nitrogens with one attached hydrogen (secondary N) is 1. The number of carboxylic acids is 1. The highest BCUT2D eigenvalue weighted by atomic mass is 16.6. The van der Waals surface area contributed by atoms with Crippen LogP contribution in [0.4, 0.5) is 11.4 Å². The van der Waals surface area contributed by atoms with E-state index < -0.39 is 10.9 Å². The Bertz CT molecular complexity index is 598. The molecule has 0 saturated heterocycles. The number of anilines is 1. The first kappa shape index (κ1) is 13.5. The first-order chi connectivity index (χ1) is 9.59. The minimum atomic E-state index is -1.02. The molecule has 0 saturated carbocycles. The molecule has 0 bridgehead atoms. The van der Waals surface area contributed by atoms with Crippen molar-refractivity contribution in [2.45, 2.75) is 6.54 Å². The number of carboxylic acid groups (broad SMARTS) is 1. The number of benzene rings is 2. The standard InChI is InChI=1S/C14H12N2O4/c17-14(18)11-6-2-1-5-10(11)9-15-12-7-3-4-8-13(12)16(19)20/h1-8,15H,9H2,(H,17,18). The fraction of sp³-hybridized carbons (Fsp3) is 0.0714. The van der Waals surface area contributed by atoms with Gasteiger partial charge in [0.05, 0.1) is 10.5 Å². The van der Waals surface area contributed by atoms with E-state index in [-0.39, 0.29) is 17.8 Å². The minimum Gasteiger partial charge on any atom is -0.478 e. The number of nitro groups is 1. The van der Waals surface area contributed by atoms with Crippen molar-refractivity contribution in [3.05, 3.63) is 69.8 Å². The van der Waals surface area contributed by atoms with Crippen molar-refractivity contribution in [3.63, 3.8) is 0 Å². The van der Waals surface area contributed by atoms with Crippen LogP contribution in [0.25, 0.3) is 0 Å². The summed E-state index contributed by atoms with van der Waals surface area (Å²) < 4.78 is 0. The number of aromatic carboxylic acids is 1. The lowest BCUT2D eigenvalue weighted by molar-refractivity contribution is -0.384. The SMILES string of the molecule is O=C(O)c1ccccc1CNc1ccccc1[N+](=O)[O-]. The minimum absolute atomic E-state index is 0.0414. The van der Waals surface area contributed by atoms with Crippen molar-refractivity contribution >= 4 is 17.3 Å². The van der Waals surface area contributed by atoms with E-state index in [4.69, 9.17) is 5.11 Å². The molecule has 6 heteroatoms. The smallest absolute Gasteiger partial charge is 0.336 e. The Kier molecular flexibility index (Phi) is 3.95. The third-order valence-electron chi connectivity index (χ3n) is 2.82. The second-order valence-corrected chi connectivity index (χ2v) is 4.09. The quantitative estimate of drug-likeness (QED) is 0.644. The Balaban J connectivity index is 2.22. The molecule has 2 rings (SSSR count). The van der Waals surface area contributed by atoms with Crippen LogP contribution in [-0.2, 0) is 6.54 Å². The van der Waals surface area contributed by atoms with Crippen molar-refractivity contribution in [2.75, 3.05) is 5.32 Å². The molecular weight excluding hydrogens is 260 g/mol. The summed E-state index contributed by atoms with van der Waals surface area (Å²) in [5, 5.41) is 22.9. The molecule has 0 aliphatic carbocycles. The summed E-state index contributed by atoms with van der Waals surface area (Å²) in [6.07, 6.45) is 0. The maximum absolute atomic E-state index is 11.1. The van der Waals surface area contributed by atoms with E-state index in [0.29, 0.717) is 11.3 Å². The van der Waals surface area contributed by atoms with Gasteiger partial charge in [-0.25, -0.2) is 4.79 Å². The van der Waals surface area contributed by atoms with Gasteiger partial charge in [0.1, 0.15) is 5.69 Å². The average Bonchev–Trinajstić information content (AvgIpc) is 2.45. The van der Waals surface area contributed by atoms with E-state index in [1.54, 1.807) is 36.4 Å². The number of rotatable bonds is 5. The summed E-state index contributed by atoms with van der Waals surface area (Å²) >= 11 is 0. The van der Waals surface area contributed by atoms with Crippen LogP contribution in [0.1, 0.15) is 15.9 Å². The van der Waals surface area contributed by atoms with Crippen LogP contribution in [0.5, 0.6) is 0 Å². The molecule has 0 fully saturated rings. The molecule has 0 aliphatic heterocycles. The van der Waals surface area contributed by atoms with Gasteiger partial charge >= 0.3 is 5.97 Å². The number of nitrogens with zero attached hydrogens (tertiary/aromatic N) is 1. The lowest BCUT2D eigenvalue weighted by atomic mass is 10.1. The molecule has 2 N–H and O–H groups in total. The Morgan fingerprint density at radius 1 is 1.15 bits per heavy atom. The van der Waals surface area contributed by atoms with E-state index in [9.17, 15) is 14.9 Å². The molecule has 0 heterocycles. The van der Waals surface area contributed by atoms with Crippen molar-refractivity contribution in [3.8, 4) is 0 Å². The van der Waals surface area contributed by atoms with E-state index >= 15 is 0 Å². The van der Waals surface area contributed by atoms with Crippen molar-refractivity contribution < 1.29 is 14.8 Å². The predicted molar refractivity (Wildman–Crippen MR) is 73.8 cm³/mol. The van der Waals surface area contributed by atoms with Crippen molar-refractivity contribution in [2.24, 2.45) is 0 Å². The molecule has 0 radical (unpaired) electrons. The van der Waals surface area contributed by atoms with Crippen LogP contribution in [0.15, 0.2) is 48.5 Å². The van der Waals surface area contributed by atoms with Gasteiger partial charge in [0.25, 0.3) is 5.69 Å². The number of nitro benzene ring substituents is 1. The van der Waals surface area contributed by atoms with Gasteiger partial charge < -0.3 is 10.4 Å². The zero-order valence-corrected chi connectivity index (χ0v) is 10.4. The van der Waals surface area contributed by atoms with E-state index in [1.807, 2.05) is 0 Å². The molecule has 6 nitrogen and oxygen atoms in total. The Hall–Kier alpha value is -2.89. The number of para-hydroxylation sites is 2. The summed E-state index contributed by atoms with van der Waals surface area (Å²) in [4.78, 5) is 21.5. The molecule has 2 aromatic carbocycles. The topological polar surface area (TPSA) is 92.5 Å². The van der Waals surface area contributed by atoms with Crippen LogP contribution in [-0.4, -0.2) is 16.0 Å². The van der Waals surface area contributed by atoms with Gasteiger partial charge in [0.15, 0.2) is 0 Å². The van der Waals surface area contributed by atoms with Crippen LogP contribution in [0, 0.1) is 10.1 Å². The van der Waals surface area contributed by atoms with E-state index in [2.05, 4.69) is 5.32 Å². The van der Waals surface area contributed by atoms with Crippen LogP contribution in [0.3, 0.4) is 0 Å². The third kappa shape index (κ3) is 2.92. The molecular formula is C14H12N2O4. The maximum Gasteiger partial charge on any atom is 0.336 e. The lowest BCUT2D eigenvalue weighted by Gasteiger charge is -2.09. The molecule has 20 heavy (non-hydrogen) atoms. The Morgan fingerprint density at radius 2 is 1.80 bits per heavy atom. The van der Waals surface area contributed by atoms with Gasteiger partial charge in [-0.1, -0.05) is 30.3 Å². The molecule has 0 aromatic heterocycles. The van der Waals surface area contributed by atoms with Gasteiger partial charge in [-0.2, -0.15) is 0 Å². The second-order valence-electron chi connectivity index (χ2n) is 4.09. The Morgan fingerprint density at radius 3 is 2.50 bits per heavy atom. The third-order valence-corrected chi connectivity index (χ3v) is 2.82. The maximum atomic E-state index is 11.1. The first-order valence-corrected chi connectivity index (χ1v) is 5.88. The summed E-state index contributed by atoms with van der Waals surface area (Å²) in [7, 11) is 0. The Labute approximate surface area is 114 Å². The predicted octanol–water partition coefficient (Wildman–Crippen LogP) is 2.91. The number of hydrogen-bond donors (Lipinski definition) is 2. The van der Waals surface area contributed by atoms with Crippen LogP contribution < -0.4 is 5.32 Å². The van der Waals surface area contributed by atoms with Gasteiger partial charge in [-0.05, 0) is 17.7 Å². The fourth-order valence-corrected chi connectivity index (χ4v) is 1.86. The van der Waals surface area contributed by atoms with E-state index in [0.717, 1.165) is 0 Å². The van der Waals surface area contributed by atoms with Crippen LogP contribution >= 0.6 is 0 Å². The molecule has 0 unspecified atom stereocenters. The summed E-state index contributed by atoms with van der Waals surface area (Å²) in [5.41, 5.74) is 1.06. The average molecular weight is 272 g/mol. The first-order valence-electron chi connectivity index (χ1n) is 5.88. The summed E-state index contributed by atoms with van der Waals surface area (Å²) in [6, 6.07) is 12.8. The normalized spacial score (nSPS) is 10.0. The second kappa shape index (κ2) is 5.83. The highest BCUT2D eigenvalue weighted by Crippen LogP contribution is 2.24. The summed E-state index contributed by atoms with van der Waals surface area (Å²) in [6.45, 7) is 0.202. The molecule has 0 amide bonds. The zero-order chi connectivity index (χ0) is 14.5. The molecule has 0 atom stereocenters. The van der Waals surface area contributed by atoms with Crippen molar-refractivity contribution in [1.29, 1.82) is 0 Å². The lowest BCUT2D eigenvalue weighted by Crippen LogP contribution is -2.08. The highest BCUT2D eigenvalue weighted by molar-refractivity contribution is 5.89.